The molecule has 6 aliphatic rings. The molecule has 420 valence electrons. The Morgan fingerprint density at radius 2 is 1.01 bits per heavy atom. The lowest BCUT2D eigenvalue weighted by Crippen LogP contribution is -2.61. The predicted molar refractivity (Wildman–Crippen MR) is 351 cm³/mol. The van der Waals surface area contributed by atoms with Crippen LogP contribution in [0.2, 0.25) is 0 Å². The molecular formula is C77H88BN3O. The first-order valence-corrected chi connectivity index (χ1v) is 31.3. The zero-order chi connectivity index (χ0) is 57.8. The fraction of sp³-hybridized carbons (Fsp3) is 0.429. The number of aryl methyl sites for hydroxylation is 1. The second-order valence-electron chi connectivity index (χ2n) is 31.5. The van der Waals surface area contributed by atoms with Crippen LogP contribution in [0.1, 0.15) is 207 Å². The Morgan fingerprint density at radius 3 is 1.63 bits per heavy atom. The fourth-order valence-corrected chi connectivity index (χ4v) is 16.7. The van der Waals surface area contributed by atoms with E-state index in [-0.39, 0.29) is 50.2 Å². The van der Waals surface area contributed by atoms with Crippen LogP contribution < -0.4 is 31.3 Å². The molecule has 0 N–H and O–H groups in total. The monoisotopic (exact) mass is 1080 g/mol. The third kappa shape index (κ3) is 7.61. The van der Waals surface area contributed by atoms with Crippen LogP contribution in [-0.4, -0.2) is 12.3 Å². The molecule has 4 heterocycles. The lowest BCUT2D eigenvalue weighted by Gasteiger charge is -2.51. The minimum absolute atomic E-state index is 0.00550. The molecule has 3 aliphatic carbocycles. The van der Waals surface area contributed by atoms with Crippen LogP contribution in [0.4, 0.5) is 45.5 Å². The van der Waals surface area contributed by atoms with Crippen molar-refractivity contribution in [2.24, 2.45) is 0 Å². The second kappa shape index (κ2) is 17.3. The molecular weight excluding hydrogens is 994 g/mol. The number of hydrogen-bond acceptors (Lipinski definition) is 4. The average molecular weight is 1080 g/mol. The van der Waals surface area contributed by atoms with Crippen LogP contribution in [0.5, 0.6) is 0 Å². The molecule has 5 heteroatoms. The molecule has 14 rings (SSSR count). The maximum Gasteiger partial charge on any atom is 0.297 e. The van der Waals surface area contributed by atoms with Crippen LogP contribution in [0, 0.1) is 6.92 Å². The van der Waals surface area contributed by atoms with Crippen molar-refractivity contribution in [1.82, 2.24) is 0 Å². The van der Waals surface area contributed by atoms with Gasteiger partial charge in [-0.15, -0.1) is 0 Å². The van der Waals surface area contributed by atoms with Crippen molar-refractivity contribution in [2.45, 2.75) is 213 Å². The van der Waals surface area contributed by atoms with Crippen molar-refractivity contribution >= 4 is 79.8 Å². The molecule has 3 aliphatic heterocycles. The van der Waals surface area contributed by atoms with E-state index in [2.05, 4.69) is 260 Å². The molecule has 4 nitrogen and oxygen atoms in total. The molecule has 1 saturated carbocycles. The number of rotatable bonds is 4. The molecule has 2 atom stereocenters. The van der Waals surface area contributed by atoms with E-state index >= 15 is 0 Å². The van der Waals surface area contributed by atoms with Gasteiger partial charge in [-0.1, -0.05) is 183 Å². The van der Waals surface area contributed by atoms with Crippen molar-refractivity contribution in [1.29, 1.82) is 0 Å². The average Bonchev–Trinajstić information content (AvgIpc) is 1.58. The van der Waals surface area contributed by atoms with E-state index in [1.165, 1.54) is 131 Å². The van der Waals surface area contributed by atoms with E-state index in [1.54, 1.807) is 0 Å². The Hall–Kier alpha value is -6.46. The quantitative estimate of drug-likeness (QED) is 0.164. The van der Waals surface area contributed by atoms with Crippen LogP contribution >= 0.6 is 0 Å². The molecule has 1 aromatic heterocycles. The van der Waals surface area contributed by atoms with Gasteiger partial charge in [0, 0.05) is 50.6 Å². The summed E-state index contributed by atoms with van der Waals surface area (Å²) in [7, 11) is 0. The number of hydrogen-bond donors (Lipinski definition) is 0. The van der Waals surface area contributed by atoms with E-state index in [9.17, 15) is 0 Å². The van der Waals surface area contributed by atoms with E-state index in [1.807, 2.05) is 0 Å². The fourth-order valence-electron chi connectivity index (χ4n) is 16.7. The summed E-state index contributed by atoms with van der Waals surface area (Å²) in [6.45, 7) is 41.4. The molecule has 2 unspecified atom stereocenters. The van der Waals surface area contributed by atoms with Crippen LogP contribution in [0.3, 0.4) is 0 Å². The molecule has 0 bridgehead atoms. The summed E-state index contributed by atoms with van der Waals surface area (Å²) < 4.78 is 7.67. The highest BCUT2D eigenvalue weighted by Gasteiger charge is 2.59. The normalized spacial score (nSPS) is 22.5. The summed E-state index contributed by atoms with van der Waals surface area (Å²) >= 11 is 0. The molecule has 82 heavy (non-hydrogen) atoms. The van der Waals surface area contributed by atoms with Crippen molar-refractivity contribution in [2.75, 3.05) is 14.7 Å². The van der Waals surface area contributed by atoms with Gasteiger partial charge >= 0.3 is 0 Å². The predicted octanol–water partition coefficient (Wildman–Crippen LogP) is 19.5. The summed E-state index contributed by atoms with van der Waals surface area (Å²) in [5.74, 6) is 0. The SMILES string of the molecule is Cc1cc2c(cc1N1c3cc4c(cc3B3c5oc6ccc(C(C)(C)C)cc6c5N(c5ccc(C(C)(C)C)cc5)c5cc(N6c7ccc(-c8ccccc8)cc7C7(C)CCCCC67C)cc1c53)C(C)(C)CCC4(C)C)C(C)(C)CCC2(C)C. The molecule has 0 saturated heterocycles. The Morgan fingerprint density at radius 1 is 0.451 bits per heavy atom. The Kier molecular flexibility index (Phi) is 11.3. The Bertz CT molecular complexity index is 3970. The van der Waals surface area contributed by atoms with Crippen molar-refractivity contribution in [3.63, 3.8) is 0 Å². The number of furan rings is 1. The Balaban J connectivity index is 1.15. The summed E-state index contributed by atoms with van der Waals surface area (Å²) in [6, 6.07) is 51.1. The molecule has 7 aromatic carbocycles. The maximum atomic E-state index is 7.67. The van der Waals surface area contributed by atoms with Gasteiger partial charge in [-0.05, 0) is 212 Å². The first-order chi connectivity index (χ1) is 38.5. The second-order valence-corrected chi connectivity index (χ2v) is 31.5. The highest BCUT2D eigenvalue weighted by atomic mass is 16.3. The van der Waals surface area contributed by atoms with E-state index in [0.717, 1.165) is 49.0 Å². The minimum Gasteiger partial charge on any atom is -0.468 e. The van der Waals surface area contributed by atoms with Crippen LogP contribution in [0.15, 0.2) is 132 Å². The van der Waals surface area contributed by atoms with Crippen LogP contribution in [0.25, 0.3) is 22.1 Å². The van der Waals surface area contributed by atoms with Gasteiger partial charge in [-0.2, -0.15) is 0 Å². The Labute approximate surface area is 491 Å². The lowest BCUT2D eigenvalue weighted by molar-refractivity contribution is 0.195. The van der Waals surface area contributed by atoms with Gasteiger partial charge in [0.05, 0.1) is 16.9 Å². The number of fused-ring (bicyclic) bond motifs is 11. The largest absolute Gasteiger partial charge is 0.468 e. The van der Waals surface area contributed by atoms with Gasteiger partial charge in [-0.3, -0.25) is 0 Å². The lowest BCUT2D eigenvalue weighted by atomic mass is 9.35. The smallest absolute Gasteiger partial charge is 0.297 e. The number of benzene rings is 7. The summed E-state index contributed by atoms with van der Waals surface area (Å²) in [5, 5.41) is 1.17. The third-order valence-electron chi connectivity index (χ3n) is 22.4. The maximum absolute atomic E-state index is 7.67. The van der Waals surface area contributed by atoms with Crippen molar-refractivity contribution in [3.05, 3.63) is 172 Å². The standard InChI is InChI=1S/C77H88BN3O/c1-47-39-55-57(74(12,13)37-35-72(55,8)9)45-62(47)80-63-46-58-56(73(10,11)36-38-75(58,14)15)44-60(63)78-67-64(79(52-29-26-50(27-30-52)70(2,3)4)68-54-41-51(71(5,6)7)28-32-66(54)82-69(68)78)42-53(43-65(67)80)81-61-31-25-49(48-23-19-18-20-24-48)40-59(61)76(16)33-21-22-34-77(76,81)17/h18-20,23-32,39-46H,21-22,33-38H2,1-17H3. The summed E-state index contributed by atoms with van der Waals surface area (Å²) in [5.41, 5.74) is 28.3. The number of nitrogens with zero attached hydrogens (tertiary/aromatic N) is 3. The molecule has 0 radical (unpaired) electrons. The zero-order valence-electron chi connectivity index (χ0n) is 52.6. The topological polar surface area (TPSA) is 22.9 Å². The zero-order valence-corrected chi connectivity index (χ0v) is 52.6. The van der Waals surface area contributed by atoms with Crippen molar-refractivity contribution < 1.29 is 4.42 Å². The molecule has 1 fully saturated rings. The third-order valence-corrected chi connectivity index (χ3v) is 22.4. The van der Waals surface area contributed by atoms with E-state index < -0.39 is 0 Å². The molecule has 0 spiro atoms. The first-order valence-electron chi connectivity index (χ1n) is 31.3. The van der Waals surface area contributed by atoms with E-state index in [0.29, 0.717) is 0 Å². The minimum atomic E-state index is -0.199. The first kappa shape index (κ1) is 53.5. The van der Waals surface area contributed by atoms with Gasteiger partial charge in [0.15, 0.2) is 0 Å². The van der Waals surface area contributed by atoms with Gasteiger partial charge < -0.3 is 19.1 Å². The van der Waals surface area contributed by atoms with Crippen molar-refractivity contribution in [3.8, 4) is 11.1 Å². The molecule has 8 aromatic rings. The summed E-state index contributed by atoms with van der Waals surface area (Å²) in [6.07, 6.45) is 9.30. The van der Waals surface area contributed by atoms with Gasteiger partial charge in [0.1, 0.15) is 5.58 Å². The van der Waals surface area contributed by atoms with Gasteiger partial charge in [-0.25, -0.2) is 0 Å². The van der Waals surface area contributed by atoms with Crippen LogP contribution in [-0.2, 0) is 37.9 Å². The van der Waals surface area contributed by atoms with E-state index in [4.69, 9.17) is 4.42 Å². The number of anilines is 8. The molecule has 0 amide bonds. The van der Waals surface area contributed by atoms with Gasteiger partial charge in [0.25, 0.3) is 6.71 Å². The summed E-state index contributed by atoms with van der Waals surface area (Å²) in [4.78, 5) is 8.28. The highest BCUT2D eigenvalue weighted by Crippen LogP contribution is 2.63. The highest BCUT2D eigenvalue weighted by molar-refractivity contribution is 7.00. The van der Waals surface area contributed by atoms with Gasteiger partial charge in [0.2, 0.25) is 0 Å².